The van der Waals surface area contributed by atoms with Crippen LogP contribution < -0.4 is 5.73 Å². The van der Waals surface area contributed by atoms with Crippen molar-refractivity contribution in [1.29, 1.82) is 0 Å². The third-order valence-corrected chi connectivity index (χ3v) is 2.86. The van der Waals surface area contributed by atoms with Gasteiger partial charge in [-0.3, -0.25) is 4.79 Å². The van der Waals surface area contributed by atoms with Gasteiger partial charge >= 0.3 is 0 Å². The number of ether oxygens (including phenoxy) is 1. The minimum atomic E-state index is 0.0471. The standard InChI is InChI=1S/C13H18N2O2/c1-10-7-11(9-12(14)8-10)13(16)15-3-2-5-17-6-4-15/h7-9H,2-6,14H2,1H3. The van der Waals surface area contributed by atoms with E-state index in [-0.39, 0.29) is 5.91 Å². The fraction of sp³-hybridized carbons (Fsp3) is 0.462. The molecular formula is C13H18N2O2. The molecular weight excluding hydrogens is 216 g/mol. The Morgan fingerprint density at radius 2 is 2.12 bits per heavy atom. The van der Waals surface area contributed by atoms with Crippen molar-refractivity contribution in [3.63, 3.8) is 0 Å². The fourth-order valence-corrected chi connectivity index (χ4v) is 2.07. The van der Waals surface area contributed by atoms with Crippen molar-refractivity contribution in [1.82, 2.24) is 4.90 Å². The molecule has 1 amide bonds. The molecule has 0 bridgehead atoms. The first kappa shape index (κ1) is 11.9. The van der Waals surface area contributed by atoms with Gasteiger partial charge in [-0.15, -0.1) is 0 Å². The average Bonchev–Trinajstić information content (AvgIpc) is 2.55. The van der Waals surface area contributed by atoms with Crippen LogP contribution in [0.25, 0.3) is 0 Å². The van der Waals surface area contributed by atoms with E-state index in [4.69, 9.17) is 10.5 Å². The maximum absolute atomic E-state index is 12.3. The number of rotatable bonds is 1. The number of amides is 1. The first-order valence-electron chi connectivity index (χ1n) is 5.91. The Labute approximate surface area is 101 Å². The van der Waals surface area contributed by atoms with Crippen molar-refractivity contribution >= 4 is 11.6 Å². The summed E-state index contributed by atoms with van der Waals surface area (Å²) in [5.74, 6) is 0.0471. The summed E-state index contributed by atoms with van der Waals surface area (Å²) in [6.07, 6.45) is 0.896. The van der Waals surface area contributed by atoms with E-state index in [2.05, 4.69) is 0 Å². The second kappa shape index (κ2) is 5.19. The molecule has 0 saturated carbocycles. The minimum absolute atomic E-state index is 0.0471. The summed E-state index contributed by atoms with van der Waals surface area (Å²) < 4.78 is 5.34. The summed E-state index contributed by atoms with van der Waals surface area (Å²) in [6, 6.07) is 5.48. The van der Waals surface area contributed by atoms with E-state index in [0.717, 1.165) is 25.1 Å². The van der Waals surface area contributed by atoms with E-state index < -0.39 is 0 Å². The summed E-state index contributed by atoms with van der Waals surface area (Å²) in [7, 11) is 0. The Hall–Kier alpha value is -1.55. The number of benzene rings is 1. The Morgan fingerprint density at radius 1 is 1.29 bits per heavy atom. The number of carbonyl (C=O) groups is 1. The molecule has 92 valence electrons. The van der Waals surface area contributed by atoms with E-state index in [1.54, 1.807) is 6.07 Å². The molecule has 1 saturated heterocycles. The predicted molar refractivity (Wildman–Crippen MR) is 66.9 cm³/mol. The highest BCUT2D eigenvalue weighted by atomic mass is 16.5. The van der Waals surface area contributed by atoms with Crippen molar-refractivity contribution in [2.24, 2.45) is 0 Å². The molecule has 1 aromatic carbocycles. The van der Waals surface area contributed by atoms with Crippen molar-refractivity contribution in [2.75, 3.05) is 32.0 Å². The molecule has 0 aromatic heterocycles. The van der Waals surface area contributed by atoms with Gasteiger partial charge < -0.3 is 15.4 Å². The summed E-state index contributed by atoms with van der Waals surface area (Å²) >= 11 is 0. The van der Waals surface area contributed by atoms with Gasteiger partial charge in [0, 0.05) is 30.9 Å². The van der Waals surface area contributed by atoms with Gasteiger partial charge in [0.15, 0.2) is 0 Å². The Morgan fingerprint density at radius 3 is 2.88 bits per heavy atom. The van der Waals surface area contributed by atoms with Crippen LogP contribution in [-0.4, -0.2) is 37.1 Å². The molecule has 2 N–H and O–H groups in total. The number of hydrogen-bond donors (Lipinski definition) is 1. The lowest BCUT2D eigenvalue weighted by Crippen LogP contribution is -2.33. The Kier molecular flexibility index (Phi) is 3.64. The molecule has 2 rings (SSSR count). The SMILES string of the molecule is Cc1cc(N)cc(C(=O)N2CCCOCC2)c1. The molecule has 1 aliphatic rings. The molecule has 4 nitrogen and oxygen atoms in total. The van der Waals surface area contributed by atoms with Gasteiger partial charge in [-0.2, -0.15) is 0 Å². The lowest BCUT2D eigenvalue weighted by molar-refractivity contribution is 0.0741. The van der Waals surface area contributed by atoms with Gasteiger partial charge in [0.25, 0.3) is 5.91 Å². The zero-order chi connectivity index (χ0) is 12.3. The summed E-state index contributed by atoms with van der Waals surface area (Å²) in [5.41, 5.74) is 8.08. The smallest absolute Gasteiger partial charge is 0.254 e. The van der Waals surface area contributed by atoms with Crippen LogP contribution in [0.2, 0.25) is 0 Å². The molecule has 1 aliphatic heterocycles. The van der Waals surface area contributed by atoms with Gasteiger partial charge in [0.1, 0.15) is 0 Å². The Bertz CT molecular complexity index is 390. The highest BCUT2D eigenvalue weighted by Crippen LogP contribution is 2.14. The molecule has 1 aromatic rings. The number of anilines is 1. The number of nitrogens with two attached hydrogens (primary N) is 1. The second-order valence-electron chi connectivity index (χ2n) is 4.39. The predicted octanol–water partition coefficient (Wildman–Crippen LogP) is 1.44. The summed E-state index contributed by atoms with van der Waals surface area (Å²) in [4.78, 5) is 14.1. The van der Waals surface area contributed by atoms with Crippen molar-refractivity contribution in [3.8, 4) is 0 Å². The van der Waals surface area contributed by atoms with Crippen molar-refractivity contribution < 1.29 is 9.53 Å². The van der Waals surface area contributed by atoms with Gasteiger partial charge in [-0.05, 0) is 37.1 Å². The van der Waals surface area contributed by atoms with E-state index >= 15 is 0 Å². The van der Waals surface area contributed by atoms with E-state index in [1.165, 1.54) is 0 Å². The monoisotopic (exact) mass is 234 g/mol. The van der Waals surface area contributed by atoms with Crippen LogP contribution >= 0.6 is 0 Å². The largest absolute Gasteiger partial charge is 0.399 e. The number of hydrogen-bond acceptors (Lipinski definition) is 3. The van der Waals surface area contributed by atoms with Crippen LogP contribution in [-0.2, 0) is 4.74 Å². The summed E-state index contributed by atoms with van der Waals surface area (Å²) in [5, 5.41) is 0. The first-order chi connectivity index (χ1) is 8.16. The number of nitrogen functional groups attached to an aromatic ring is 1. The molecule has 17 heavy (non-hydrogen) atoms. The normalized spacial score (nSPS) is 16.6. The highest BCUT2D eigenvalue weighted by molar-refractivity contribution is 5.95. The lowest BCUT2D eigenvalue weighted by Gasteiger charge is -2.20. The molecule has 4 heteroatoms. The maximum atomic E-state index is 12.3. The highest BCUT2D eigenvalue weighted by Gasteiger charge is 2.17. The Balaban J connectivity index is 2.17. The fourth-order valence-electron chi connectivity index (χ4n) is 2.07. The maximum Gasteiger partial charge on any atom is 0.254 e. The van der Waals surface area contributed by atoms with E-state index in [9.17, 15) is 4.79 Å². The topological polar surface area (TPSA) is 55.6 Å². The number of aryl methyl sites for hydroxylation is 1. The van der Waals surface area contributed by atoms with Crippen LogP contribution in [0, 0.1) is 6.92 Å². The van der Waals surface area contributed by atoms with Gasteiger partial charge in [0.05, 0.1) is 6.61 Å². The van der Waals surface area contributed by atoms with Crippen molar-refractivity contribution in [2.45, 2.75) is 13.3 Å². The zero-order valence-electron chi connectivity index (χ0n) is 10.1. The third-order valence-electron chi connectivity index (χ3n) is 2.86. The quantitative estimate of drug-likeness (QED) is 0.748. The average molecular weight is 234 g/mol. The lowest BCUT2D eigenvalue weighted by atomic mass is 10.1. The second-order valence-corrected chi connectivity index (χ2v) is 4.39. The number of nitrogens with zero attached hydrogens (tertiary/aromatic N) is 1. The molecule has 0 aliphatic carbocycles. The molecule has 0 unspecified atom stereocenters. The van der Waals surface area contributed by atoms with Gasteiger partial charge in [-0.1, -0.05) is 0 Å². The molecule has 1 fully saturated rings. The molecule has 0 radical (unpaired) electrons. The first-order valence-corrected chi connectivity index (χ1v) is 5.91. The van der Waals surface area contributed by atoms with Crippen LogP contribution in [0.1, 0.15) is 22.3 Å². The molecule has 1 heterocycles. The van der Waals surface area contributed by atoms with Gasteiger partial charge in [-0.25, -0.2) is 0 Å². The van der Waals surface area contributed by atoms with E-state index in [0.29, 0.717) is 24.4 Å². The van der Waals surface area contributed by atoms with E-state index in [1.807, 2.05) is 24.0 Å². The van der Waals surface area contributed by atoms with Crippen LogP contribution in [0.4, 0.5) is 5.69 Å². The molecule has 0 atom stereocenters. The van der Waals surface area contributed by atoms with Crippen LogP contribution in [0.15, 0.2) is 18.2 Å². The van der Waals surface area contributed by atoms with Crippen LogP contribution in [0.3, 0.4) is 0 Å². The molecule has 0 spiro atoms. The summed E-state index contributed by atoms with van der Waals surface area (Å²) in [6.45, 7) is 4.71. The van der Waals surface area contributed by atoms with Gasteiger partial charge in [0.2, 0.25) is 0 Å². The zero-order valence-corrected chi connectivity index (χ0v) is 10.1. The van der Waals surface area contributed by atoms with Crippen LogP contribution in [0.5, 0.6) is 0 Å². The minimum Gasteiger partial charge on any atom is -0.399 e. The van der Waals surface area contributed by atoms with Crippen molar-refractivity contribution in [3.05, 3.63) is 29.3 Å². The number of carbonyl (C=O) groups excluding carboxylic acids is 1. The third kappa shape index (κ3) is 2.97.